The third-order valence-electron chi connectivity index (χ3n) is 4.05. The monoisotopic (exact) mass is 361 g/mol. The van der Waals surface area contributed by atoms with Gasteiger partial charge >= 0.3 is 0 Å². The zero-order valence-electron chi connectivity index (χ0n) is 13.2. The van der Waals surface area contributed by atoms with Gasteiger partial charge in [0.15, 0.2) is 0 Å². The van der Waals surface area contributed by atoms with Crippen molar-refractivity contribution in [3.63, 3.8) is 0 Å². The predicted octanol–water partition coefficient (Wildman–Crippen LogP) is 1.11. The predicted molar refractivity (Wildman–Crippen MR) is 91.5 cm³/mol. The summed E-state index contributed by atoms with van der Waals surface area (Å²) in [5.74, 6) is 0. The minimum absolute atomic E-state index is 0.226. The average molecular weight is 362 g/mol. The summed E-state index contributed by atoms with van der Waals surface area (Å²) in [6.07, 6.45) is 2.11. The van der Waals surface area contributed by atoms with E-state index in [0.717, 1.165) is 24.8 Å². The third-order valence-corrected chi connectivity index (χ3v) is 5.41. The first-order valence-corrected chi connectivity index (χ1v) is 9.59. The minimum atomic E-state index is -3.51. The van der Waals surface area contributed by atoms with E-state index in [2.05, 4.69) is 14.3 Å². The van der Waals surface area contributed by atoms with Crippen LogP contribution in [0.15, 0.2) is 24.3 Å². The van der Waals surface area contributed by atoms with Gasteiger partial charge in [0.1, 0.15) is 0 Å². The highest BCUT2D eigenvalue weighted by atomic mass is 35.5. The number of rotatable bonds is 8. The summed E-state index contributed by atoms with van der Waals surface area (Å²) in [7, 11) is -1.52. The average Bonchev–Trinajstić information content (AvgIpc) is 2.81. The summed E-state index contributed by atoms with van der Waals surface area (Å²) in [4.78, 5) is 2.12. The van der Waals surface area contributed by atoms with Crippen LogP contribution in [0, 0.1) is 0 Å². The molecule has 0 saturated carbocycles. The van der Waals surface area contributed by atoms with Gasteiger partial charge < -0.3 is 10.0 Å². The van der Waals surface area contributed by atoms with Crippen molar-refractivity contribution in [2.24, 2.45) is 0 Å². The molecule has 0 unspecified atom stereocenters. The Bertz CT molecular complexity index is 594. The van der Waals surface area contributed by atoms with Crippen LogP contribution in [0.3, 0.4) is 0 Å². The summed E-state index contributed by atoms with van der Waals surface area (Å²) in [5, 5.41) is 10.2. The molecule has 2 rings (SSSR count). The first kappa shape index (κ1) is 18.6. The maximum Gasteiger partial charge on any atom is 0.277 e. The number of nitrogens with zero attached hydrogens (tertiary/aromatic N) is 1. The van der Waals surface area contributed by atoms with Crippen molar-refractivity contribution in [3.8, 4) is 0 Å². The number of halogens is 1. The largest absolute Gasteiger partial charge is 0.392 e. The van der Waals surface area contributed by atoms with Gasteiger partial charge in [-0.2, -0.15) is 13.1 Å². The van der Waals surface area contributed by atoms with Crippen LogP contribution in [-0.4, -0.2) is 50.7 Å². The highest BCUT2D eigenvalue weighted by Gasteiger charge is 2.27. The zero-order chi connectivity index (χ0) is 16.9. The Hall–Kier alpha value is -0.700. The number of hydrogen-bond donors (Lipinski definition) is 3. The molecular weight excluding hydrogens is 338 g/mol. The van der Waals surface area contributed by atoms with Crippen molar-refractivity contribution < 1.29 is 13.5 Å². The van der Waals surface area contributed by atoms with E-state index in [-0.39, 0.29) is 12.6 Å². The van der Waals surface area contributed by atoms with E-state index in [9.17, 15) is 13.5 Å². The third kappa shape index (κ3) is 6.37. The minimum Gasteiger partial charge on any atom is -0.392 e. The van der Waals surface area contributed by atoms with Crippen LogP contribution >= 0.6 is 11.6 Å². The molecule has 8 heteroatoms. The Morgan fingerprint density at radius 3 is 2.61 bits per heavy atom. The van der Waals surface area contributed by atoms with E-state index in [4.69, 9.17) is 11.6 Å². The van der Waals surface area contributed by atoms with Crippen LogP contribution in [0.25, 0.3) is 0 Å². The van der Waals surface area contributed by atoms with E-state index in [0.29, 0.717) is 24.2 Å². The second-order valence-electron chi connectivity index (χ2n) is 5.97. The number of likely N-dealkylation sites (N-methyl/N-ethyl adjacent to an activating group) is 1. The van der Waals surface area contributed by atoms with Crippen molar-refractivity contribution in [1.29, 1.82) is 0 Å². The molecule has 1 aromatic carbocycles. The lowest BCUT2D eigenvalue weighted by molar-refractivity contribution is 0.182. The van der Waals surface area contributed by atoms with Gasteiger partial charge in [-0.1, -0.05) is 23.7 Å². The van der Waals surface area contributed by atoms with E-state index in [1.54, 1.807) is 24.3 Å². The van der Waals surface area contributed by atoms with Crippen molar-refractivity contribution in [3.05, 3.63) is 34.9 Å². The number of β-amino-alcohol motifs (C(OH)–C–C–N with tert-alkyl or cyclic N) is 1. The Morgan fingerprint density at radius 1 is 1.30 bits per heavy atom. The van der Waals surface area contributed by atoms with Gasteiger partial charge in [0.2, 0.25) is 0 Å². The second-order valence-corrected chi connectivity index (χ2v) is 7.99. The van der Waals surface area contributed by atoms with E-state index in [1.807, 2.05) is 7.05 Å². The number of likely N-dealkylation sites (tertiary alicyclic amines) is 1. The molecule has 0 aliphatic carbocycles. The fourth-order valence-electron chi connectivity index (χ4n) is 2.76. The van der Waals surface area contributed by atoms with Crippen molar-refractivity contribution in [2.75, 3.05) is 20.1 Å². The Labute approximate surface area is 143 Å². The number of aliphatic hydroxyl groups is 1. The maximum absolute atomic E-state index is 11.9. The number of aliphatic hydroxyl groups excluding tert-OH is 1. The van der Waals surface area contributed by atoms with Crippen LogP contribution in [0.2, 0.25) is 5.02 Å². The van der Waals surface area contributed by atoms with Gasteiger partial charge in [0.05, 0.1) is 6.10 Å². The molecule has 0 aromatic heterocycles. The molecule has 130 valence electrons. The first-order valence-electron chi connectivity index (χ1n) is 7.73. The lowest BCUT2D eigenvalue weighted by Crippen LogP contribution is -2.37. The molecule has 3 N–H and O–H groups in total. The Kier molecular flexibility index (Phi) is 6.82. The highest BCUT2D eigenvalue weighted by molar-refractivity contribution is 7.87. The normalized spacial score (nSPS) is 22.6. The molecule has 6 nitrogen and oxygen atoms in total. The van der Waals surface area contributed by atoms with Crippen molar-refractivity contribution in [1.82, 2.24) is 14.3 Å². The molecule has 1 saturated heterocycles. The van der Waals surface area contributed by atoms with E-state index >= 15 is 0 Å². The summed E-state index contributed by atoms with van der Waals surface area (Å²) in [6, 6.07) is 7.35. The van der Waals surface area contributed by atoms with Crippen molar-refractivity contribution >= 4 is 21.8 Å². The molecular formula is C15H24ClN3O3S. The smallest absolute Gasteiger partial charge is 0.277 e. The van der Waals surface area contributed by atoms with Crippen LogP contribution < -0.4 is 9.44 Å². The SMILES string of the molecule is CN1C[C@H](O)C[C@H]1CCCNS(=O)(=O)NCc1ccc(Cl)cc1. The zero-order valence-corrected chi connectivity index (χ0v) is 14.8. The number of nitrogens with one attached hydrogen (secondary N) is 2. The fraction of sp³-hybridized carbons (Fsp3) is 0.600. The van der Waals surface area contributed by atoms with Crippen LogP contribution in [0.1, 0.15) is 24.8 Å². The maximum atomic E-state index is 11.9. The molecule has 1 aliphatic rings. The van der Waals surface area contributed by atoms with Crippen LogP contribution in [0.4, 0.5) is 0 Å². The van der Waals surface area contributed by atoms with Gasteiger partial charge in [-0.3, -0.25) is 0 Å². The fourth-order valence-corrected chi connectivity index (χ4v) is 3.76. The van der Waals surface area contributed by atoms with E-state index < -0.39 is 10.2 Å². The van der Waals surface area contributed by atoms with Gasteiger partial charge in [-0.15, -0.1) is 0 Å². The Morgan fingerprint density at radius 2 is 2.00 bits per heavy atom. The molecule has 2 atom stereocenters. The molecule has 0 radical (unpaired) electrons. The topological polar surface area (TPSA) is 81.7 Å². The summed E-state index contributed by atoms with van der Waals surface area (Å²) >= 11 is 5.79. The van der Waals surface area contributed by atoms with Gasteiger partial charge in [-0.05, 0) is 44.0 Å². The molecule has 0 amide bonds. The molecule has 0 spiro atoms. The number of hydrogen-bond acceptors (Lipinski definition) is 4. The van der Waals surface area contributed by atoms with Gasteiger partial charge in [0.25, 0.3) is 10.2 Å². The van der Waals surface area contributed by atoms with Crippen LogP contribution in [0.5, 0.6) is 0 Å². The Balaban J connectivity index is 1.67. The van der Waals surface area contributed by atoms with Crippen molar-refractivity contribution in [2.45, 2.75) is 38.0 Å². The lowest BCUT2D eigenvalue weighted by Gasteiger charge is -2.18. The molecule has 1 fully saturated rings. The van der Waals surface area contributed by atoms with Crippen LogP contribution in [-0.2, 0) is 16.8 Å². The summed E-state index contributed by atoms with van der Waals surface area (Å²) < 4.78 is 28.8. The quantitative estimate of drug-likeness (QED) is 0.606. The highest BCUT2D eigenvalue weighted by Crippen LogP contribution is 2.19. The molecule has 0 bridgehead atoms. The molecule has 1 aromatic rings. The van der Waals surface area contributed by atoms with Gasteiger partial charge in [0, 0.05) is 30.7 Å². The summed E-state index contributed by atoms with van der Waals surface area (Å²) in [5.41, 5.74) is 0.848. The van der Waals surface area contributed by atoms with Gasteiger partial charge in [-0.25, -0.2) is 4.72 Å². The summed E-state index contributed by atoms with van der Waals surface area (Å²) in [6.45, 7) is 1.31. The molecule has 23 heavy (non-hydrogen) atoms. The second kappa shape index (κ2) is 8.41. The standard InChI is InChI=1S/C15H24ClN3O3S/c1-19-11-15(20)9-14(19)3-2-8-17-23(21,22)18-10-12-4-6-13(16)7-5-12/h4-7,14-15,17-18,20H,2-3,8-11H2,1H3/t14-,15-/m1/s1. The molecule has 1 aliphatic heterocycles. The van der Waals surface area contributed by atoms with E-state index in [1.165, 1.54) is 0 Å². The molecule has 1 heterocycles. The lowest BCUT2D eigenvalue weighted by atomic mass is 10.1. The number of benzene rings is 1. The first-order chi connectivity index (χ1) is 10.9.